The van der Waals surface area contributed by atoms with Gasteiger partial charge in [-0.2, -0.15) is 0 Å². The average molecular weight is 522 g/mol. The Morgan fingerprint density at radius 2 is 1.32 bits per heavy atom. The number of rotatable bonds is 2. The Morgan fingerprint density at radius 3 is 1.79 bits per heavy atom. The van der Waals surface area contributed by atoms with Crippen LogP contribution < -0.4 is 0 Å². The van der Waals surface area contributed by atoms with Crippen LogP contribution in [0.25, 0.3) is 0 Å². The molecular weight excluding hydrogens is 488 g/mol. The first-order valence-corrected chi connectivity index (χ1v) is 12.1. The molecule has 0 radical (unpaired) electrons. The van der Waals surface area contributed by atoms with Crippen molar-refractivity contribution in [3.63, 3.8) is 0 Å². The maximum Gasteiger partial charge on any atom is 0.156 e. The zero-order chi connectivity index (χ0) is 20.4. The van der Waals surface area contributed by atoms with Crippen LogP contribution in [0.3, 0.4) is 0 Å². The number of piperidine rings is 2. The van der Waals surface area contributed by atoms with Crippen LogP contribution in [-0.2, 0) is 9.68 Å². The number of hydrogen-bond donors (Lipinski definition) is 0. The zero-order valence-electron chi connectivity index (χ0n) is 17.6. The fourth-order valence-corrected chi connectivity index (χ4v) is 5.63. The second-order valence-electron chi connectivity index (χ2n) is 9.13. The number of likely N-dealkylation sites (tertiary alicyclic amines) is 2. The second kappa shape index (κ2) is 9.31. The summed E-state index contributed by atoms with van der Waals surface area (Å²) in [6.07, 6.45) is 6.45. The van der Waals surface area contributed by atoms with Gasteiger partial charge in [-0.05, 0) is 78.9 Å². The molecule has 0 aliphatic carbocycles. The molecule has 160 valence electrons. The molecule has 6 nitrogen and oxygen atoms in total. The van der Waals surface area contributed by atoms with Crippen LogP contribution in [0.15, 0.2) is 10.3 Å². The van der Waals surface area contributed by atoms with Crippen molar-refractivity contribution >= 4 is 41.1 Å². The van der Waals surface area contributed by atoms with Crippen molar-refractivity contribution in [2.24, 2.45) is 10.3 Å². The topological polar surface area (TPSA) is 49.7 Å². The first-order chi connectivity index (χ1) is 13.2. The van der Waals surface area contributed by atoms with Gasteiger partial charge in [0.15, 0.2) is 5.60 Å². The Hall–Kier alpha value is -0.180. The molecule has 0 aromatic rings. The van der Waals surface area contributed by atoms with Crippen molar-refractivity contribution in [1.82, 2.24) is 9.80 Å². The minimum absolute atomic E-state index is 0.0181. The van der Waals surface area contributed by atoms with Gasteiger partial charge in [0, 0.05) is 57.4 Å². The third-order valence-corrected chi connectivity index (χ3v) is 7.20. The molecule has 2 fully saturated rings. The van der Waals surface area contributed by atoms with Crippen LogP contribution in [-0.4, -0.2) is 68.5 Å². The summed E-state index contributed by atoms with van der Waals surface area (Å²) in [7, 11) is 0. The molecule has 0 saturated carbocycles. The lowest BCUT2D eigenvalue weighted by Crippen LogP contribution is -2.50. The first kappa shape index (κ1) is 22.5. The highest BCUT2D eigenvalue weighted by Gasteiger charge is 2.43. The Balaban J connectivity index is 0.000000161. The van der Waals surface area contributed by atoms with Crippen molar-refractivity contribution in [3.05, 3.63) is 0 Å². The fraction of sp³-hybridized carbons (Fsp3) is 0.900. The molecule has 0 bridgehead atoms. The van der Waals surface area contributed by atoms with Gasteiger partial charge in [-0.1, -0.05) is 10.3 Å². The quantitative estimate of drug-likeness (QED) is 0.527. The molecule has 4 heterocycles. The number of halogens is 2. The van der Waals surface area contributed by atoms with Crippen LogP contribution >= 0.6 is 31.9 Å². The van der Waals surface area contributed by atoms with E-state index < -0.39 is 0 Å². The van der Waals surface area contributed by atoms with E-state index in [1.165, 1.54) is 13.0 Å². The van der Waals surface area contributed by atoms with E-state index in [1.54, 1.807) is 0 Å². The van der Waals surface area contributed by atoms with E-state index in [-0.39, 0.29) is 11.2 Å². The Morgan fingerprint density at radius 1 is 0.786 bits per heavy atom. The molecule has 0 aromatic heterocycles. The summed E-state index contributed by atoms with van der Waals surface area (Å²) in [4.78, 5) is 16.1. The van der Waals surface area contributed by atoms with Gasteiger partial charge in [-0.25, -0.2) is 0 Å². The average Bonchev–Trinajstić information content (AvgIpc) is 3.19. The van der Waals surface area contributed by atoms with Crippen molar-refractivity contribution in [1.29, 1.82) is 0 Å². The van der Waals surface area contributed by atoms with Crippen molar-refractivity contribution in [2.75, 3.05) is 26.2 Å². The Bertz CT molecular complexity index is 603. The lowest BCUT2D eigenvalue weighted by Gasteiger charge is -2.40. The Labute approximate surface area is 186 Å². The number of hydrogen-bond acceptors (Lipinski definition) is 6. The van der Waals surface area contributed by atoms with Crippen LogP contribution in [0.4, 0.5) is 0 Å². The number of nitrogens with zero attached hydrogens (tertiary/aromatic N) is 4. The lowest BCUT2D eigenvalue weighted by molar-refractivity contribution is -0.0748. The minimum Gasteiger partial charge on any atom is -0.388 e. The number of oxime groups is 2. The normalized spacial score (nSPS) is 30.1. The SMILES string of the molecule is CC(C)N1CCC2(CC1)CC(Br)=NO2.CC(C)N1CCCC2(CC(Br)=NO2)C1. The van der Waals surface area contributed by atoms with Gasteiger partial charge in [-0.3, -0.25) is 4.90 Å². The summed E-state index contributed by atoms with van der Waals surface area (Å²) in [6, 6.07) is 1.26. The van der Waals surface area contributed by atoms with Crippen LogP contribution in [0.2, 0.25) is 0 Å². The summed E-state index contributed by atoms with van der Waals surface area (Å²) >= 11 is 6.82. The lowest BCUT2D eigenvalue weighted by atomic mass is 9.88. The van der Waals surface area contributed by atoms with Crippen molar-refractivity contribution in [2.45, 2.75) is 89.5 Å². The predicted molar refractivity (Wildman–Crippen MR) is 121 cm³/mol. The van der Waals surface area contributed by atoms with Gasteiger partial charge in [0.25, 0.3) is 0 Å². The third-order valence-electron chi connectivity index (χ3n) is 6.35. The van der Waals surface area contributed by atoms with Gasteiger partial charge >= 0.3 is 0 Å². The monoisotopic (exact) mass is 520 g/mol. The first-order valence-electron chi connectivity index (χ1n) is 10.5. The van der Waals surface area contributed by atoms with Gasteiger partial charge in [0.05, 0.1) is 0 Å². The molecular formula is C20H34Br2N4O2. The summed E-state index contributed by atoms with van der Waals surface area (Å²) < 4.78 is 1.93. The molecule has 2 spiro atoms. The van der Waals surface area contributed by atoms with E-state index in [0.29, 0.717) is 12.1 Å². The molecule has 4 aliphatic rings. The molecule has 4 rings (SSSR count). The molecule has 2 saturated heterocycles. The van der Waals surface area contributed by atoms with Crippen LogP contribution in [0.5, 0.6) is 0 Å². The highest BCUT2D eigenvalue weighted by molar-refractivity contribution is 9.18. The molecule has 1 unspecified atom stereocenters. The van der Waals surface area contributed by atoms with Crippen molar-refractivity contribution in [3.8, 4) is 0 Å². The second-order valence-corrected chi connectivity index (χ2v) is 11.0. The zero-order valence-corrected chi connectivity index (χ0v) is 20.8. The van der Waals surface area contributed by atoms with E-state index in [9.17, 15) is 0 Å². The highest BCUT2D eigenvalue weighted by Crippen LogP contribution is 2.36. The Kier molecular flexibility index (Phi) is 7.48. The molecule has 0 N–H and O–H groups in total. The van der Waals surface area contributed by atoms with E-state index >= 15 is 0 Å². The van der Waals surface area contributed by atoms with E-state index in [1.807, 2.05) is 0 Å². The van der Waals surface area contributed by atoms with Gasteiger partial charge < -0.3 is 14.6 Å². The minimum atomic E-state index is -0.0264. The summed E-state index contributed by atoms with van der Waals surface area (Å²) in [5, 5.41) is 8.01. The van der Waals surface area contributed by atoms with E-state index in [4.69, 9.17) is 9.68 Å². The van der Waals surface area contributed by atoms with Crippen LogP contribution in [0, 0.1) is 0 Å². The molecule has 0 aromatic carbocycles. The van der Waals surface area contributed by atoms with E-state index in [2.05, 4.69) is 79.7 Å². The molecule has 8 heteroatoms. The molecule has 0 amide bonds. The largest absolute Gasteiger partial charge is 0.388 e. The maximum atomic E-state index is 5.57. The fourth-order valence-electron chi connectivity index (χ4n) is 4.46. The molecule has 1 atom stereocenters. The summed E-state index contributed by atoms with van der Waals surface area (Å²) in [6.45, 7) is 13.5. The standard InChI is InChI=1S/2C10H17BrN2O/c1-8(2)13-5-3-10(4-6-13)7-9(11)12-14-10;1-8(2)13-5-3-4-10(7-13)6-9(11)12-14-10/h2*8H,3-7H2,1-2H3. The van der Waals surface area contributed by atoms with E-state index in [0.717, 1.165) is 61.0 Å². The smallest absolute Gasteiger partial charge is 0.156 e. The molecule has 4 aliphatic heterocycles. The predicted octanol–water partition coefficient (Wildman–Crippen LogP) is 4.72. The summed E-state index contributed by atoms with van der Waals surface area (Å²) in [5.74, 6) is 0. The van der Waals surface area contributed by atoms with Gasteiger partial charge in [0.2, 0.25) is 0 Å². The van der Waals surface area contributed by atoms with Gasteiger partial charge in [0.1, 0.15) is 14.8 Å². The highest BCUT2D eigenvalue weighted by atomic mass is 79.9. The van der Waals surface area contributed by atoms with Crippen molar-refractivity contribution < 1.29 is 9.68 Å². The molecule has 28 heavy (non-hydrogen) atoms. The maximum absolute atomic E-state index is 5.57. The third kappa shape index (κ3) is 5.49. The van der Waals surface area contributed by atoms with Gasteiger partial charge in [-0.15, -0.1) is 0 Å². The van der Waals surface area contributed by atoms with Crippen LogP contribution in [0.1, 0.15) is 66.2 Å². The summed E-state index contributed by atoms with van der Waals surface area (Å²) in [5.41, 5.74) is -0.00836.